The third-order valence-corrected chi connectivity index (χ3v) is 3.34. The molecule has 2 heterocycles. The second-order valence-electron chi connectivity index (χ2n) is 3.27. The maximum atomic E-state index is 5.56. The van der Waals surface area contributed by atoms with Gasteiger partial charge in [0.1, 0.15) is 5.82 Å². The molecule has 0 spiro atoms. The van der Waals surface area contributed by atoms with Crippen molar-refractivity contribution in [2.75, 3.05) is 0 Å². The van der Waals surface area contributed by atoms with Gasteiger partial charge >= 0.3 is 0 Å². The summed E-state index contributed by atoms with van der Waals surface area (Å²) in [6.45, 7) is 4.64. The number of H-pyrrole nitrogens is 1. The second-order valence-corrected chi connectivity index (χ2v) is 4.43. The zero-order valence-electron chi connectivity index (χ0n) is 8.29. The van der Waals surface area contributed by atoms with Crippen LogP contribution in [0, 0.1) is 13.8 Å². The first-order valence-corrected chi connectivity index (χ1v) is 5.34. The molecule has 3 nitrogen and oxygen atoms in total. The molecular formula is C10H13N3S. The Morgan fingerprint density at radius 3 is 2.71 bits per heavy atom. The molecule has 0 unspecified atom stereocenters. The number of hydrogen-bond donors (Lipinski definition) is 2. The monoisotopic (exact) mass is 207 g/mol. The number of hydrogen-bond acceptors (Lipinski definition) is 3. The van der Waals surface area contributed by atoms with Gasteiger partial charge in [0.2, 0.25) is 0 Å². The number of imidazole rings is 1. The number of rotatable bonds is 2. The average molecular weight is 207 g/mol. The molecule has 0 atom stereocenters. The van der Waals surface area contributed by atoms with Crippen LogP contribution in [0.3, 0.4) is 0 Å². The fourth-order valence-corrected chi connectivity index (χ4v) is 2.11. The quantitative estimate of drug-likeness (QED) is 0.793. The largest absolute Gasteiger partial charge is 0.341 e. The summed E-state index contributed by atoms with van der Waals surface area (Å²) < 4.78 is 0. The third-order valence-electron chi connectivity index (χ3n) is 2.22. The lowest BCUT2D eigenvalue weighted by molar-refractivity contribution is 1.11. The maximum Gasteiger partial charge on any atom is 0.147 e. The van der Waals surface area contributed by atoms with Crippen molar-refractivity contribution in [3.8, 4) is 10.7 Å². The van der Waals surface area contributed by atoms with E-state index in [1.807, 2.05) is 19.9 Å². The molecule has 0 aromatic carbocycles. The summed E-state index contributed by atoms with van der Waals surface area (Å²) in [4.78, 5) is 10.0. The van der Waals surface area contributed by atoms with E-state index >= 15 is 0 Å². The SMILES string of the molecule is Cc1nc(-c2ccc(CN)s2)[nH]c1C. The van der Waals surface area contributed by atoms with Gasteiger partial charge in [-0.25, -0.2) is 4.98 Å². The van der Waals surface area contributed by atoms with E-state index < -0.39 is 0 Å². The Labute approximate surface area is 87.0 Å². The topological polar surface area (TPSA) is 54.7 Å². The second kappa shape index (κ2) is 3.55. The minimum absolute atomic E-state index is 0.601. The molecule has 4 heteroatoms. The minimum atomic E-state index is 0.601. The number of thiophene rings is 1. The molecule has 0 saturated carbocycles. The van der Waals surface area contributed by atoms with E-state index in [9.17, 15) is 0 Å². The van der Waals surface area contributed by atoms with E-state index in [0.29, 0.717) is 6.54 Å². The molecule has 14 heavy (non-hydrogen) atoms. The highest BCUT2D eigenvalue weighted by atomic mass is 32.1. The van der Waals surface area contributed by atoms with E-state index in [0.717, 1.165) is 22.1 Å². The molecule has 0 saturated heterocycles. The highest BCUT2D eigenvalue weighted by Gasteiger charge is 2.07. The molecule has 0 aliphatic rings. The lowest BCUT2D eigenvalue weighted by Gasteiger charge is -1.88. The highest BCUT2D eigenvalue weighted by Crippen LogP contribution is 2.26. The van der Waals surface area contributed by atoms with Crippen LogP contribution in [0.2, 0.25) is 0 Å². The first kappa shape index (κ1) is 9.43. The number of nitrogens with one attached hydrogen (secondary N) is 1. The van der Waals surface area contributed by atoms with Crippen LogP contribution >= 0.6 is 11.3 Å². The zero-order valence-corrected chi connectivity index (χ0v) is 9.11. The Morgan fingerprint density at radius 2 is 2.21 bits per heavy atom. The van der Waals surface area contributed by atoms with Gasteiger partial charge in [-0.2, -0.15) is 0 Å². The number of nitrogens with zero attached hydrogens (tertiary/aromatic N) is 1. The standard InChI is InChI=1S/C10H13N3S/c1-6-7(2)13-10(12-6)9-4-3-8(5-11)14-9/h3-4H,5,11H2,1-2H3,(H,12,13). The number of aryl methyl sites for hydroxylation is 2. The molecule has 3 N–H and O–H groups in total. The Morgan fingerprint density at radius 1 is 1.43 bits per heavy atom. The molecule has 0 aliphatic heterocycles. The minimum Gasteiger partial charge on any atom is -0.341 e. The molecule has 2 rings (SSSR count). The van der Waals surface area contributed by atoms with Crippen LogP contribution in [0.5, 0.6) is 0 Å². The van der Waals surface area contributed by atoms with E-state index in [-0.39, 0.29) is 0 Å². The summed E-state index contributed by atoms with van der Waals surface area (Å²) in [7, 11) is 0. The van der Waals surface area contributed by atoms with Crippen LogP contribution in [-0.4, -0.2) is 9.97 Å². The van der Waals surface area contributed by atoms with E-state index in [4.69, 9.17) is 5.73 Å². The molecule has 0 radical (unpaired) electrons. The predicted molar refractivity (Wildman–Crippen MR) is 59.3 cm³/mol. The van der Waals surface area contributed by atoms with E-state index in [1.165, 1.54) is 4.88 Å². The summed E-state index contributed by atoms with van der Waals surface area (Å²) in [6, 6.07) is 4.11. The van der Waals surface area contributed by atoms with Crippen LogP contribution in [0.1, 0.15) is 16.3 Å². The van der Waals surface area contributed by atoms with E-state index in [2.05, 4.69) is 16.0 Å². The van der Waals surface area contributed by atoms with Crippen molar-refractivity contribution in [1.82, 2.24) is 9.97 Å². The van der Waals surface area contributed by atoms with Crippen LogP contribution in [0.4, 0.5) is 0 Å². The van der Waals surface area contributed by atoms with Gasteiger partial charge < -0.3 is 10.7 Å². The lowest BCUT2D eigenvalue weighted by atomic mass is 10.4. The fourth-order valence-electron chi connectivity index (χ4n) is 1.28. The van der Waals surface area contributed by atoms with Crippen LogP contribution in [0.25, 0.3) is 10.7 Å². The molecule has 0 amide bonds. The van der Waals surface area contributed by atoms with Crippen molar-refractivity contribution in [2.45, 2.75) is 20.4 Å². The van der Waals surface area contributed by atoms with Gasteiger partial charge in [-0.05, 0) is 26.0 Å². The Hall–Kier alpha value is -1.13. The Bertz CT molecular complexity index is 422. The fraction of sp³-hybridized carbons (Fsp3) is 0.300. The van der Waals surface area contributed by atoms with Crippen LogP contribution < -0.4 is 5.73 Å². The van der Waals surface area contributed by atoms with E-state index in [1.54, 1.807) is 11.3 Å². The zero-order chi connectivity index (χ0) is 10.1. The van der Waals surface area contributed by atoms with Crippen LogP contribution in [0.15, 0.2) is 12.1 Å². The predicted octanol–water partition coefficient (Wildman–Crippen LogP) is 2.21. The normalized spacial score (nSPS) is 10.8. The summed E-state index contributed by atoms with van der Waals surface area (Å²) in [5, 5.41) is 0. The molecule has 2 aromatic rings. The summed E-state index contributed by atoms with van der Waals surface area (Å²) in [6.07, 6.45) is 0. The number of aromatic amines is 1. The smallest absolute Gasteiger partial charge is 0.147 e. The summed E-state index contributed by atoms with van der Waals surface area (Å²) in [5.41, 5.74) is 7.74. The maximum absolute atomic E-state index is 5.56. The van der Waals surface area contributed by atoms with Crippen molar-refractivity contribution >= 4 is 11.3 Å². The highest BCUT2D eigenvalue weighted by molar-refractivity contribution is 7.15. The molecule has 0 bridgehead atoms. The lowest BCUT2D eigenvalue weighted by Crippen LogP contribution is -1.91. The number of nitrogens with two attached hydrogens (primary N) is 1. The van der Waals surface area contributed by atoms with Gasteiger partial charge in [-0.3, -0.25) is 0 Å². The van der Waals surface area contributed by atoms with Gasteiger partial charge in [0.25, 0.3) is 0 Å². The number of aromatic nitrogens is 2. The molecule has 74 valence electrons. The first-order chi connectivity index (χ1) is 6.70. The average Bonchev–Trinajstić information content (AvgIpc) is 2.74. The van der Waals surface area contributed by atoms with Gasteiger partial charge in [-0.1, -0.05) is 0 Å². The first-order valence-electron chi connectivity index (χ1n) is 4.53. The third kappa shape index (κ3) is 1.58. The molecule has 0 aliphatic carbocycles. The van der Waals surface area contributed by atoms with Crippen molar-refractivity contribution in [3.05, 3.63) is 28.4 Å². The van der Waals surface area contributed by atoms with Crippen molar-refractivity contribution in [3.63, 3.8) is 0 Å². The summed E-state index contributed by atoms with van der Waals surface area (Å²) in [5.74, 6) is 0.949. The molecule has 2 aromatic heterocycles. The molecular weight excluding hydrogens is 194 g/mol. The Kier molecular flexibility index (Phi) is 2.39. The van der Waals surface area contributed by atoms with Gasteiger partial charge in [0.05, 0.1) is 10.6 Å². The Balaban J connectivity index is 2.39. The van der Waals surface area contributed by atoms with Crippen molar-refractivity contribution in [2.24, 2.45) is 5.73 Å². The van der Waals surface area contributed by atoms with Gasteiger partial charge in [0, 0.05) is 17.1 Å². The summed E-state index contributed by atoms with van der Waals surface area (Å²) >= 11 is 1.69. The van der Waals surface area contributed by atoms with Gasteiger partial charge in [0.15, 0.2) is 0 Å². The van der Waals surface area contributed by atoms with Crippen LogP contribution in [-0.2, 0) is 6.54 Å². The van der Waals surface area contributed by atoms with Gasteiger partial charge in [-0.15, -0.1) is 11.3 Å². The van der Waals surface area contributed by atoms with Crippen molar-refractivity contribution in [1.29, 1.82) is 0 Å². The van der Waals surface area contributed by atoms with Crippen molar-refractivity contribution < 1.29 is 0 Å². The molecule has 0 fully saturated rings.